The molecule has 0 amide bonds. The van der Waals surface area contributed by atoms with Gasteiger partial charge in [0.1, 0.15) is 0 Å². The van der Waals surface area contributed by atoms with Gasteiger partial charge in [-0.05, 0) is 12.1 Å². The van der Waals surface area contributed by atoms with E-state index in [4.69, 9.17) is 16.9 Å². The van der Waals surface area contributed by atoms with Crippen LogP contribution in [0, 0.1) is 23.2 Å². The Morgan fingerprint density at radius 2 is 2.00 bits per heavy atom. The molecule has 0 saturated heterocycles. The normalized spacial score (nSPS) is 8.53. The predicted molar refractivity (Wildman–Crippen MR) is 58.6 cm³/mol. The zero-order chi connectivity index (χ0) is 11.1. The smallest absolute Gasteiger partial charge is 0.177 e. The first-order chi connectivity index (χ1) is 7.27. The lowest BCUT2D eigenvalue weighted by atomic mass is 10.1. The number of rotatable bonds is 2. The van der Waals surface area contributed by atoms with Gasteiger partial charge in [0.2, 0.25) is 0 Å². The molecule has 0 aliphatic rings. The molecule has 1 rings (SSSR count). The minimum Gasteiger partial charge on any atom is -0.293 e. The molecule has 0 spiro atoms. The summed E-state index contributed by atoms with van der Waals surface area (Å²) in [5.74, 6) is 5.39. The number of carbonyl (C=O) groups is 1. The van der Waals surface area contributed by atoms with Crippen molar-refractivity contribution in [3.63, 3.8) is 0 Å². The lowest BCUT2D eigenvalue weighted by molar-refractivity contribution is 0.102. The second-order valence-corrected chi connectivity index (χ2v) is 3.04. The first kappa shape index (κ1) is 11.3. The van der Waals surface area contributed by atoms with E-state index in [2.05, 4.69) is 11.8 Å². The van der Waals surface area contributed by atoms with Gasteiger partial charge in [0.15, 0.2) is 5.78 Å². The van der Waals surface area contributed by atoms with E-state index in [0.29, 0.717) is 5.56 Å². The van der Waals surface area contributed by atoms with Crippen molar-refractivity contribution in [3.8, 4) is 17.9 Å². The van der Waals surface area contributed by atoms with Gasteiger partial charge < -0.3 is 0 Å². The maximum Gasteiger partial charge on any atom is 0.177 e. The SMILES string of the molecule is N#CCC#Cc1ccc(C(=O)CCl)cc1. The van der Waals surface area contributed by atoms with Crippen LogP contribution in [0.25, 0.3) is 0 Å². The number of nitriles is 1. The lowest BCUT2D eigenvalue weighted by Crippen LogP contribution is -1.99. The van der Waals surface area contributed by atoms with Crippen molar-refractivity contribution in [1.29, 1.82) is 5.26 Å². The predicted octanol–water partition coefficient (Wildman–Crippen LogP) is 2.37. The van der Waals surface area contributed by atoms with Gasteiger partial charge in [0.05, 0.1) is 18.4 Å². The number of hydrogen-bond donors (Lipinski definition) is 0. The fraction of sp³-hybridized carbons (Fsp3) is 0.167. The Balaban J connectivity index is 2.79. The lowest BCUT2D eigenvalue weighted by Gasteiger charge is -1.96. The van der Waals surface area contributed by atoms with Crippen molar-refractivity contribution in [2.24, 2.45) is 0 Å². The molecule has 0 unspecified atom stereocenters. The van der Waals surface area contributed by atoms with Crippen LogP contribution in [-0.2, 0) is 0 Å². The van der Waals surface area contributed by atoms with E-state index in [-0.39, 0.29) is 18.1 Å². The average molecular weight is 218 g/mol. The van der Waals surface area contributed by atoms with Crippen LogP contribution in [-0.4, -0.2) is 11.7 Å². The molecular weight excluding hydrogens is 210 g/mol. The summed E-state index contributed by atoms with van der Waals surface area (Å²) in [6.45, 7) is 0. The second kappa shape index (κ2) is 5.86. The number of hydrogen-bond acceptors (Lipinski definition) is 2. The zero-order valence-electron chi connectivity index (χ0n) is 7.96. The number of Topliss-reactive ketones (excluding diaryl/α,β-unsaturated/α-hetero) is 1. The molecule has 0 atom stereocenters. The summed E-state index contributed by atoms with van der Waals surface area (Å²) in [5, 5.41) is 8.28. The van der Waals surface area contributed by atoms with Gasteiger partial charge in [-0.1, -0.05) is 24.0 Å². The number of carbonyl (C=O) groups excluding carboxylic acids is 1. The molecule has 15 heavy (non-hydrogen) atoms. The van der Waals surface area contributed by atoms with E-state index >= 15 is 0 Å². The monoisotopic (exact) mass is 217 g/mol. The Morgan fingerprint density at radius 3 is 2.53 bits per heavy atom. The molecule has 0 aromatic heterocycles. The van der Waals surface area contributed by atoms with Crippen LogP contribution in [0.3, 0.4) is 0 Å². The van der Waals surface area contributed by atoms with Gasteiger partial charge in [-0.2, -0.15) is 5.26 Å². The van der Waals surface area contributed by atoms with Gasteiger partial charge in [0.25, 0.3) is 0 Å². The van der Waals surface area contributed by atoms with E-state index < -0.39 is 0 Å². The van der Waals surface area contributed by atoms with Crippen molar-refractivity contribution in [2.75, 3.05) is 5.88 Å². The quantitative estimate of drug-likeness (QED) is 0.434. The van der Waals surface area contributed by atoms with Crippen LogP contribution in [0.1, 0.15) is 22.3 Å². The second-order valence-electron chi connectivity index (χ2n) is 2.77. The average Bonchev–Trinajstić information content (AvgIpc) is 2.29. The van der Waals surface area contributed by atoms with E-state index in [1.165, 1.54) is 0 Å². The minimum atomic E-state index is -0.104. The Kier molecular flexibility index (Phi) is 4.41. The topological polar surface area (TPSA) is 40.9 Å². The van der Waals surface area contributed by atoms with E-state index in [0.717, 1.165) is 5.56 Å². The van der Waals surface area contributed by atoms with Crippen LogP contribution in [0.4, 0.5) is 0 Å². The van der Waals surface area contributed by atoms with Gasteiger partial charge in [-0.25, -0.2) is 0 Å². The number of nitrogens with zero attached hydrogens (tertiary/aromatic N) is 1. The number of halogens is 1. The van der Waals surface area contributed by atoms with E-state index in [1.54, 1.807) is 24.3 Å². The van der Waals surface area contributed by atoms with Gasteiger partial charge >= 0.3 is 0 Å². The highest BCUT2D eigenvalue weighted by Gasteiger charge is 2.02. The summed E-state index contributed by atoms with van der Waals surface area (Å²) in [4.78, 5) is 11.2. The first-order valence-electron chi connectivity index (χ1n) is 4.33. The zero-order valence-corrected chi connectivity index (χ0v) is 8.71. The Labute approximate surface area is 93.5 Å². The molecule has 2 nitrogen and oxygen atoms in total. The van der Waals surface area contributed by atoms with Crippen LogP contribution < -0.4 is 0 Å². The molecule has 1 aromatic carbocycles. The van der Waals surface area contributed by atoms with Crippen molar-refractivity contribution in [3.05, 3.63) is 35.4 Å². The first-order valence-corrected chi connectivity index (χ1v) is 4.86. The van der Waals surface area contributed by atoms with Crippen LogP contribution in [0.15, 0.2) is 24.3 Å². The van der Waals surface area contributed by atoms with Crippen LogP contribution >= 0.6 is 11.6 Å². The summed E-state index contributed by atoms with van der Waals surface area (Å²) in [6, 6.07) is 8.78. The molecule has 0 radical (unpaired) electrons. The third kappa shape index (κ3) is 3.46. The molecule has 0 saturated carbocycles. The highest BCUT2D eigenvalue weighted by Crippen LogP contribution is 2.05. The Hall–Kier alpha value is -1.77. The minimum absolute atomic E-state index is 0.0144. The van der Waals surface area contributed by atoms with Crippen molar-refractivity contribution < 1.29 is 4.79 Å². The van der Waals surface area contributed by atoms with Crippen molar-refractivity contribution in [2.45, 2.75) is 6.42 Å². The van der Waals surface area contributed by atoms with Crippen molar-refractivity contribution >= 4 is 17.4 Å². The Morgan fingerprint density at radius 1 is 1.33 bits per heavy atom. The maximum absolute atomic E-state index is 11.2. The number of benzene rings is 1. The van der Waals surface area contributed by atoms with Crippen LogP contribution in [0.5, 0.6) is 0 Å². The van der Waals surface area contributed by atoms with Gasteiger partial charge in [0, 0.05) is 11.1 Å². The van der Waals surface area contributed by atoms with Gasteiger partial charge in [-0.15, -0.1) is 11.6 Å². The summed E-state index contributed by atoms with van der Waals surface area (Å²) >= 11 is 5.42. The highest BCUT2D eigenvalue weighted by molar-refractivity contribution is 6.30. The molecule has 0 aliphatic carbocycles. The fourth-order valence-corrected chi connectivity index (χ4v) is 1.16. The summed E-state index contributed by atoms with van der Waals surface area (Å²) in [5.41, 5.74) is 1.37. The maximum atomic E-state index is 11.2. The molecule has 3 heteroatoms. The molecule has 0 heterocycles. The molecule has 74 valence electrons. The highest BCUT2D eigenvalue weighted by atomic mass is 35.5. The third-order valence-corrected chi connectivity index (χ3v) is 1.97. The summed E-state index contributed by atoms with van der Waals surface area (Å²) < 4.78 is 0. The van der Waals surface area contributed by atoms with Crippen LogP contribution in [0.2, 0.25) is 0 Å². The Bertz CT molecular complexity index is 445. The standard InChI is InChI=1S/C12H8ClNO/c13-9-12(15)11-6-4-10(5-7-11)3-1-2-8-14/h4-7H,2,9H2. The van der Waals surface area contributed by atoms with E-state index in [1.807, 2.05) is 6.07 Å². The van der Waals surface area contributed by atoms with Crippen molar-refractivity contribution in [1.82, 2.24) is 0 Å². The molecule has 0 bridgehead atoms. The van der Waals surface area contributed by atoms with E-state index in [9.17, 15) is 4.79 Å². The molecular formula is C12H8ClNO. The molecule has 0 N–H and O–H groups in total. The number of alkyl halides is 1. The molecule has 0 fully saturated rings. The molecule has 1 aromatic rings. The largest absolute Gasteiger partial charge is 0.293 e. The van der Waals surface area contributed by atoms with Gasteiger partial charge in [-0.3, -0.25) is 4.79 Å². The third-order valence-electron chi connectivity index (χ3n) is 1.73. The summed E-state index contributed by atoms with van der Waals surface area (Å²) in [6.07, 6.45) is 0.211. The molecule has 0 aliphatic heterocycles. The number of ketones is 1. The summed E-state index contributed by atoms with van der Waals surface area (Å²) in [7, 11) is 0. The fourth-order valence-electron chi connectivity index (χ4n) is 1.00.